The van der Waals surface area contributed by atoms with Crippen LogP contribution >= 0.6 is 0 Å². The van der Waals surface area contributed by atoms with E-state index in [0.29, 0.717) is 37.7 Å². The molecule has 8 N–H and O–H groups in total. The lowest BCUT2D eigenvalue weighted by atomic mass is 9.42. The zero-order valence-corrected chi connectivity index (χ0v) is 31.5. The Morgan fingerprint density at radius 2 is 1.82 bits per heavy atom. The largest absolute Gasteiger partial charge is 0.396 e. The lowest BCUT2D eigenvalue weighted by Gasteiger charge is -2.63. The molecule has 0 aromatic carbocycles. The summed E-state index contributed by atoms with van der Waals surface area (Å²) in [4.78, 5) is 14.3. The van der Waals surface area contributed by atoms with Gasteiger partial charge in [-0.15, -0.1) is 0 Å². The molecule has 9 heteroatoms. The first-order valence-electron chi connectivity index (χ1n) is 20.5. The number of ether oxygens (including phenoxy) is 2. The fraction of sp³-hybridized carbons (Fsp3) is 0.927. The number of Topliss-reactive ketones (excluding diaryl/α,β-unsaturated/α-hetero) is 1. The number of nitrogens with two attached hydrogens (primary N) is 2. The molecule has 0 amide bonds. The van der Waals surface area contributed by atoms with Gasteiger partial charge in [-0.05, 0) is 137 Å². The number of allylic oxidation sites excluding steroid dienone is 1. The third-order valence-corrected chi connectivity index (χ3v) is 17.4. The molecule has 0 aromatic heterocycles. The number of carbonyl (C=O) groups excluding carboxylic acids is 1. The fourth-order valence-corrected chi connectivity index (χ4v) is 13.9. The molecule has 6 fully saturated rings. The molecule has 3 heterocycles. The summed E-state index contributed by atoms with van der Waals surface area (Å²) in [7, 11) is 0. The standard InChI is InChI=1S/C41H66N2O7/c1-23-12-17-49-40(21-23,35-34(50-35)39(5,47)36(2,22-44)13-8-24-11-16-43-31(42)18-24)30-19-25-6-7-27-32-28(10-15-38(30,4)41(25,32)48)37(3)14-9-26(45)20-29(37)33(27)46/h23-26,28-31,34-35,43-45,47-48H,6-22,42H2,1-5H3/p+1. The van der Waals surface area contributed by atoms with Crippen LogP contribution in [0.3, 0.4) is 0 Å². The van der Waals surface area contributed by atoms with Crippen LogP contribution in [0, 0.1) is 51.8 Å². The highest BCUT2D eigenvalue weighted by Gasteiger charge is 2.78. The molecule has 5 aliphatic carbocycles. The molecular weight excluding hydrogens is 632 g/mol. The lowest BCUT2D eigenvalue weighted by molar-refractivity contribution is -0.699. The summed E-state index contributed by atoms with van der Waals surface area (Å²) in [5.41, 5.74) is 3.64. The minimum atomic E-state index is -1.28. The Bertz CT molecular complexity index is 1400. The van der Waals surface area contributed by atoms with Gasteiger partial charge in [0.1, 0.15) is 24.0 Å². The van der Waals surface area contributed by atoms with E-state index in [2.05, 4.69) is 26.1 Å². The molecule has 8 aliphatic rings. The van der Waals surface area contributed by atoms with Crippen molar-refractivity contribution in [1.82, 2.24) is 0 Å². The van der Waals surface area contributed by atoms with Crippen molar-refractivity contribution in [1.29, 1.82) is 0 Å². The molecule has 8 rings (SSSR count). The highest BCUT2D eigenvalue weighted by Crippen LogP contribution is 2.75. The van der Waals surface area contributed by atoms with Gasteiger partial charge in [-0.25, -0.2) is 0 Å². The minimum absolute atomic E-state index is 0.000480. The van der Waals surface area contributed by atoms with Gasteiger partial charge in [0.05, 0.1) is 30.5 Å². The number of fused-ring (bicyclic) bond motifs is 2. The Hall–Kier alpha value is -0.910. The number of carbonyl (C=O) groups is 1. The van der Waals surface area contributed by atoms with Gasteiger partial charge >= 0.3 is 0 Å². The van der Waals surface area contributed by atoms with Crippen molar-refractivity contribution in [2.45, 2.75) is 166 Å². The Morgan fingerprint density at radius 1 is 1.04 bits per heavy atom. The highest BCUT2D eigenvalue weighted by molar-refractivity contribution is 6.00. The van der Waals surface area contributed by atoms with E-state index in [0.717, 1.165) is 88.3 Å². The zero-order chi connectivity index (χ0) is 35.6. The van der Waals surface area contributed by atoms with Gasteiger partial charge in [0.2, 0.25) is 0 Å². The topological polar surface area (TPSA) is 162 Å². The number of quaternary nitrogens is 1. The quantitative estimate of drug-likeness (QED) is 0.210. The maximum Gasteiger partial charge on any atom is 0.162 e. The molecule has 16 unspecified atom stereocenters. The van der Waals surface area contributed by atoms with Crippen molar-refractivity contribution >= 4 is 5.78 Å². The molecule has 0 spiro atoms. The number of epoxide rings is 1. The summed E-state index contributed by atoms with van der Waals surface area (Å²) in [6.07, 6.45) is 10.5. The number of aliphatic hydroxyl groups excluding tert-OH is 2. The number of aliphatic hydroxyl groups is 4. The Kier molecular flexibility index (Phi) is 8.69. The third-order valence-electron chi connectivity index (χ3n) is 17.4. The Labute approximate surface area is 299 Å². The first-order valence-corrected chi connectivity index (χ1v) is 20.5. The van der Waals surface area contributed by atoms with E-state index < -0.39 is 39.8 Å². The minimum Gasteiger partial charge on any atom is -0.396 e. The molecule has 0 radical (unpaired) electrons. The second kappa shape index (κ2) is 12.0. The van der Waals surface area contributed by atoms with Crippen LogP contribution in [0.15, 0.2) is 11.1 Å². The summed E-state index contributed by atoms with van der Waals surface area (Å²) in [5, 5.41) is 49.7. The van der Waals surface area contributed by atoms with Crippen molar-refractivity contribution in [2.75, 3.05) is 19.8 Å². The normalized spacial score (nSPS) is 52.5. The number of ketones is 1. The predicted octanol–water partition coefficient (Wildman–Crippen LogP) is 3.35. The van der Waals surface area contributed by atoms with Crippen molar-refractivity contribution in [3.8, 4) is 0 Å². The average molecular weight is 700 g/mol. The van der Waals surface area contributed by atoms with Crippen LogP contribution in [-0.2, 0) is 14.3 Å². The molecule has 16 atom stereocenters. The smallest absolute Gasteiger partial charge is 0.162 e. The van der Waals surface area contributed by atoms with Crippen LogP contribution in [0.4, 0.5) is 0 Å². The molecule has 3 aliphatic heterocycles. The highest BCUT2D eigenvalue weighted by atomic mass is 16.6. The van der Waals surface area contributed by atoms with E-state index in [1.807, 2.05) is 13.8 Å². The molecule has 9 nitrogen and oxygen atoms in total. The molecule has 0 aromatic rings. The number of hydrogen-bond acceptors (Lipinski definition) is 8. The predicted molar refractivity (Wildman–Crippen MR) is 188 cm³/mol. The van der Waals surface area contributed by atoms with E-state index in [1.165, 1.54) is 0 Å². The van der Waals surface area contributed by atoms with Gasteiger partial charge in [-0.1, -0.05) is 27.7 Å². The van der Waals surface area contributed by atoms with Gasteiger partial charge in [0.25, 0.3) is 0 Å². The van der Waals surface area contributed by atoms with Gasteiger partial charge in [0, 0.05) is 29.8 Å². The van der Waals surface area contributed by atoms with Crippen molar-refractivity contribution in [3.05, 3.63) is 11.1 Å². The van der Waals surface area contributed by atoms with E-state index in [4.69, 9.17) is 15.2 Å². The molecule has 3 saturated heterocycles. The van der Waals surface area contributed by atoms with Crippen LogP contribution in [0.1, 0.15) is 125 Å². The maximum absolute atomic E-state index is 14.3. The first-order chi connectivity index (χ1) is 23.6. The Morgan fingerprint density at radius 3 is 2.54 bits per heavy atom. The summed E-state index contributed by atoms with van der Waals surface area (Å²) < 4.78 is 13.8. The van der Waals surface area contributed by atoms with E-state index in [9.17, 15) is 25.2 Å². The van der Waals surface area contributed by atoms with Crippen LogP contribution in [0.5, 0.6) is 0 Å². The second-order valence-electron chi connectivity index (χ2n) is 19.9. The van der Waals surface area contributed by atoms with Crippen molar-refractivity contribution in [2.24, 2.45) is 57.5 Å². The third kappa shape index (κ3) is 4.89. The maximum atomic E-state index is 14.3. The first kappa shape index (κ1) is 36.1. The summed E-state index contributed by atoms with van der Waals surface area (Å²) >= 11 is 0. The van der Waals surface area contributed by atoms with Crippen LogP contribution in [-0.4, -0.2) is 87.2 Å². The Balaban J connectivity index is 1.12. The fourth-order valence-electron chi connectivity index (χ4n) is 13.9. The summed E-state index contributed by atoms with van der Waals surface area (Å²) in [6.45, 7) is 12.3. The zero-order valence-electron chi connectivity index (χ0n) is 31.5. The molecular formula is C41H67N2O7+. The van der Waals surface area contributed by atoms with E-state index in [1.54, 1.807) is 0 Å². The molecule has 0 bridgehead atoms. The molecule has 50 heavy (non-hydrogen) atoms. The van der Waals surface area contributed by atoms with E-state index in [-0.39, 0.29) is 53.7 Å². The van der Waals surface area contributed by atoms with Gasteiger partial charge < -0.3 is 35.2 Å². The van der Waals surface area contributed by atoms with Crippen molar-refractivity contribution in [3.63, 3.8) is 0 Å². The van der Waals surface area contributed by atoms with Crippen LogP contribution < -0.4 is 11.1 Å². The van der Waals surface area contributed by atoms with Crippen LogP contribution in [0.2, 0.25) is 0 Å². The number of piperidine rings is 1. The summed E-state index contributed by atoms with van der Waals surface area (Å²) in [5.74, 6) is 1.11. The van der Waals surface area contributed by atoms with Crippen molar-refractivity contribution < 1.29 is 40.0 Å². The molecule has 282 valence electrons. The number of rotatable bonds is 8. The van der Waals surface area contributed by atoms with Gasteiger partial charge in [0.15, 0.2) is 5.78 Å². The van der Waals surface area contributed by atoms with Crippen LogP contribution in [0.25, 0.3) is 0 Å². The monoisotopic (exact) mass is 699 g/mol. The molecule has 3 saturated carbocycles. The number of hydrogen-bond donors (Lipinski definition) is 6. The SMILES string of the molecule is CC1CCOC(C2OC2C(C)(O)C(C)(CO)CCC2CC[NH2+]C(N)C2)(C2CC3CCC4=C5C(CCC2(C)C53O)C2(C)CCC(O)CC2C4=O)C1. The summed E-state index contributed by atoms with van der Waals surface area (Å²) in [6, 6.07) is 0. The van der Waals surface area contributed by atoms with E-state index >= 15 is 0 Å². The lowest BCUT2D eigenvalue weighted by Crippen LogP contribution is -2.94. The van der Waals surface area contributed by atoms with Gasteiger partial charge in [-0.2, -0.15) is 0 Å². The van der Waals surface area contributed by atoms with Gasteiger partial charge in [-0.3, -0.25) is 10.5 Å². The second-order valence-corrected chi connectivity index (χ2v) is 19.9. The average Bonchev–Trinajstić information content (AvgIpc) is 3.86.